The minimum Gasteiger partial charge on any atom is -0.375 e. The lowest BCUT2D eigenvalue weighted by molar-refractivity contribution is -0.0786. The zero-order valence-electron chi connectivity index (χ0n) is 17.2. The fourth-order valence-corrected chi connectivity index (χ4v) is 3.71. The molecule has 4 rings (SSSR count). The molecule has 0 bridgehead atoms. The molecule has 0 spiro atoms. The molecule has 0 radical (unpaired) electrons. The average Bonchev–Trinajstić information content (AvgIpc) is 3.20. The minimum atomic E-state index is -0.0651. The summed E-state index contributed by atoms with van der Waals surface area (Å²) in [6.07, 6.45) is -0.0797. The van der Waals surface area contributed by atoms with Gasteiger partial charge in [0.05, 0.1) is 38.6 Å². The van der Waals surface area contributed by atoms with Gasteiger partial charge in [0, 0.05) is 6.54 Å². The first-order valence-electron chi connectivity index (χ1n) is 10.5. The first-order valence-corrected chi connectivity index (χ1v) is 10.5. The van der Waals surface area contributed by atoms with E-state index < -0.39 is 0 Å². The van der Waals surface area contributed by atoms with Crippen LogP contribution in [-0.4, -0.2) is 31.4 Å². The van der Waals surface area contributed by atoms with Crippen LogP contribution in [0.15, 0.2) is 91.0 Å². The van der Waals surface area contributed by atoms with E-state index in [1.807, 2.05) is 54.6 Å². The van der Waals surface area contributed by atoms with Crippen LogP contribution in [0.1, 0.15) is 16.7 Å². The van der Waals surface area contributed by atoms with Gasteiger partial charge in [-0.3, -0.25) is 0 Å². The number of hydrogen-bond donors (Lipinski definition) is 1. The van der Waals surface area contributed by atoms with Crippen LogP contribution >= 0.6 is 0 Å². The van der Waals surface area contributed by atoms with Gasteiger partial charge < -0.3 is 19.5 Å². The maximum Gasteiger partial charge on any atom is 0.103 e. The molecule has 3 aromatic rings. The van der Waals surface area contributed by atoms with Crippen molar-refractivity contribution in [3.8, 4) is 0 Å². The van der Waals surface area contributed by atoms with Crippen LogP contribution in [-0.2, 0) is 34.0 Å². The van der Waals surface area contributed by atoms with E-state index in [2.05, 4.69) is 41.7 Å². The van der Waals surface area contributed by atoms with E-state index in [-0.39, 0.29) is 18.2 Å². The maximum atomic E-state index is 6.34. The smallest absolute Gasteiger partial charge is 0.103 e. The molecule has 1 N–H and O–H groups in total. The molecule has 0 aliphatic carbocycles. The Kier molecular flexibility index (Phi) is 7.64. The van der Waals surface area contributed by atoms with Gasteiger partial charge in [-0.05, 0) is 16.7 Å². The second-order valence-corrected chi connectivity index (χ2v) is 7.61. The van der Waals surface area contributed by atoms with Crippen molar-refractivity contribution in [2.24, 2.45) is 0 Å². The molecular formula is C26H29NO3. The molecule has 4 nitrogen and oxygen atoms in total. The standard InChI is InChI=1S/C26H29NO3/c1-4-10-21(11-5-1)17-28-20-24-26(30-19-23-14-8-3-9-15-23)25(16-27-24)29-18-22-12-6-2-7-13-22/h1-15,24-27H,16-20H2/t24?,25-,26-/m1/s1. The van der Waals surface area contributed by atoms with E-state index in [0.717, 1.165) is 12.1 Å². The van der Waals surface area contributed by atoms with Gasteiger partial charge in [-0.25, -0.2) is 0 Å². The Labute approximate surface area is 178 Å². The van der Waals surface area contributed by atoms with Gasteiger partial charge in [-0.2, -0.15) is 0 Å². The Morgan fingerprint density at radius 1 is 0.633 bits per heavy atom. The average molecular weight is 404 g/mol. The molecule has 0 saturated carbocycles. The van der Waals surface area contributed by atoms with E-state index in [9.17, 15) is 0 Å². The van der Waals surface area contributed by atoms with Crippen LogP contribution < -0.4 is 5.32 Å². The largest absolute Gasteiger partial charge is 0.375 e. The third-order valence-corrected chi connectivity index (χ3v) is 5.35. The fourth-order valence-electron chi connectivity index (χ4n) is 3.71. The Bertz CT molecular complexity index is 857. The summed E-state index contributed by atoms with van der Waals surface area (Å²) in [4.78, 5) is 0. The van der Waals surface area contributed by atoms with Crippen LogP contribution in [0.3, 0.4) is 0 Å². The van der Waals surface area contributed by atoms with Crippen molar-refractivity contribution < 1.29 is 14.2 Å². The molecule has 3 aromatic carbocycles. The molecule has 0 aromatic heterocycles. The summed E-state index contributed by atoms with van der Waals surface area (Å²) in [5, 5.41) is 3.54. The summed E-state index contributed by atoms with van der Waals surface area (Å²) in [6, 6.07) is 30.9. The predicted octanol–water partition coefficient (Wildman–Crippen LogP) is 4.35. The Hall–Kier alpha value is -2.50. The predicted molar refractivity (Wildman–Crippen MR) is 118 cm³/mol. The molecule has 156 valence electrons. The quantitative estimate of drug-likeness (QED) is 0.546. The highest BCUT2D eigenvalue weighted by Crippen LogP contribution is 2.20. The number of ether oxygens (including phenoxy) is 3. The Morgan fingerprint density at radius 2 is 1.13 bits per heavy atom. The lowest BCUT2D eigenvalue weighted by atomic mass is 10.1. The van der Waals surface area contributed by atoms with Gasteiger partial charge in [-0.1, -0.05) is 91.0 Å². The molecule has 4 heteroatoms. The second kappa shape index (κ2) is 11.0. The number of hydrogen-bond acceptors (Lipinski definition) is 4. The maximum absolute atomic E-state index is 6.34. The monoisotopic (exact) mass is 403 g/mol. The van der Waals surface area contributed by atoms with Crippen molar-refractivity contribution in [1.82, 2.24) is 5.32 Å². The topological polar surface area (TPSA) is 39.7 Å². The van der Waals surface area contributed by atoms with Crippen LogP contribution in [0.5, 0.6) is 0 Å². The van der Waals surface area contributed by atoms with Crippen molar-refractivity contribution >= 4 is 0 Å². The Balaban J connectivity index is 1.35. The second-order valence-electron chi connectivity index (χ2n) is 7.61. The van der Waals surface area contributed by atoms with E-state index in [1.165, 1.54) is 11.1 Å². The zero-order valence-corrected chi connectivity index (χ0v) is 17.2. The summed E-state index contributed by atoms with van der Waals surface area (Å²) < 4.78 is 18.6. The van der Waals surface area contributed by atoms with Gasteiger partial charge in [-0.15, -0.1) is 0 Å². The molecule has 0 amide bonds. The summed E-state index contributed by atoms with van der Waals surface area (Å²) >= 11 is 0. The fraction of sp³-hybridized carbons (Fsp3) is 0.308. The van der Waals surface area contributed by atoms with Crippen molar-refractivity contribution in [3.05, 3.63) is 108 Å². The molecule has 1 heterocycles. The third-order valence-electron chi connectivity index (χ3n) is 5.35. The van der Waals surface area contributed by atoms with Crippen LogP contribution in [0.4, 0.5) is 0 Å². The summed E-state index contributed by atoms with van der Waals surface area (Å²) in [6.45, 7) is 3.08. The molecule has 30 heavy (non-hydrogen) atoms. The minimum absolute atomic E-state index is 0.0146. The summed E-state index contributed by atoms with van der Waals surface area (Å²) in [5.41, 5.74) is 3.51. The number of rotatable bonds is 10. The molecule has 1 fully saturated rings. The number of nitrogens with one attached hydrogen (secondary N) is 1. The van der Waals surface area contributed by atoms with Gasteiger partial charge >= 0.3 is 0 Å². The van der Waals surface area contributed by atoms with Crippen LogP contribution in [0, 0.1) is 0 Å². The summed E-state index contributed by atoms with van der Waals surface area (Å²) in [5.74, 6) is 0. The normalized spacial score (nSPS) is 21.0. The molecule has 1 unspecified atom stereocenters. The van der Waals surface area contributed by atoms with Crippen molar-refractivity contribution in [3.63, 3.8) is 0 Å². The van der Waals surface area contributed by atoms with E-state index in [1.54, 1.807) is 0 Å². The first-order chi connectivity index (χ1) is 14.9. The van der Waals surface area contributed by atoms with Gasteiger partial charge in [0.15, 0.2) is 0 Å². The lowest BCUT2D eigenvalue weighted by Crippen LogP contribution is -2.39. The third kappa shape index (κ3) is 6.00. The number of benzene rings is 3. The SMILES string of the molecule is c1ccc(COCC2NC[C@@H](OCc3ccccc3)[C@@H]2OCc2ccccc2)cc1. The molecular weight excluding hydrogens is 374 g/mol. The van der Waals surface area contributed by atoms with Crippen LogP contribution in [0.2, 0.25) is 0 Å². The van der Waals surface area contributed by atoms with Crippen molar-refractivity contribution in [1.29, 1.82) is 0 Å². The van der Waals surface area contributed by atoms with E-state index in [4.69, 9.17) is 14.2 Å². The molecule has 1 aliphatic heterocycles. The van der Waals surface area contributed by atoms with Gasteiger partial charge in [0.2, 0.25) is 0 Å². The lowest BCUT2D eigenvalue weighted by Gasteiger charge is -2.25. The van der Waals surface area contributed by atoms with Crippen LogP contribution in [0.25, 0.3) is 0 Å². The molecule has 1 saturated heterocycles. The van der Waals surface area contributed by atoms with Crippen molar-refractivity contribution in [2.45, 2.75) is 38.1 Å². The Morgan fingerprint density at radius 3 is 1.70 bits per heavy atom. The van der Waals surface area contributed by atoms with Gasteiger partial charge in [0.25, 0.3) is 0 Å². The summed E-state index contributed by atoms with van der Waals surface area (Å²) in [7, 11) is 0. The zero-order chi connectivity index (χ0) is 20.4. The molecule has 3 atom stereocenters. The highest BCUT2D eigenvalue weighted by molar-refractivity contribution is 5.15. The van der Waals surface area contributed by atoms with E-state index >= 15 is 0 Å². The highest BCUT2D eigenvalue weighted by atomic mass is 16.5. The van der Waals surface area contributed by atoms with E-state index in [0.29, 0.717) is 26.4 Å². The first kappa shape index (κ1) is 20.8. The highest BCUT2D eigenvalue weighted by Gasteiger charge is 2.37. The van der Waals surface area contributed by atoms with Gasteiger partial charge in [0.1, 0.15) is 6.10 Å². The molecule has 1 aliphatic rings. The van der Waals surface area contributed by atoms with Crippen molar-refractivity contribution in [2.75, 3.05) is 13.2 Å².